The van der Waals surface area contributed by atoms with Crippen molar-refractivity contribution in [2.45, 2.75) is 91.4 Å². The maximum atomic E-state index is 13.5. The van der Waals surface area contributed by atoms with E-state index in [2.05, 4.69) is 85.4 Å². The molecule has 7 aromatic rings. The zero-order chi connectivity index (χ0) is 52.3. The van der Waals surface area contributed by atoms with Crippen LogP contribution in [-0.2, 0) is 29.0 Å². The van der Waals surface area contributed by atoms with Crippen molar-refractivity contribution in [2.75, 3.05) is 19.6 Å². The van der Waals surface area contributed by atoms with Gasteiger partial charge in [-0.25, -0.2) is 19.3 Å². The average molecular weight is 1040 g/mol. The summed E-state index contributed by atoms with van der Waals surface area (Å²) in [4.78, 5) is 44.3. The Hall–Kier alpha value is -7.09. The van der Waals surface area contributed by atoms with Crippen molar-refractivity contribution < 1.29 is 38.1 Å². The molecule has 1 saturated heterocycles. The second-order valence-corrected chi connectivity index (χ2v) is 20.3. The number of carboxylic acids is 1. The van der Waals surface area contributed by atoms with E-state index in [1.54, 1.807) is 17.4 Å². The highest BCUT2D eigenvalue weighted by Crippen LogP contribution is 2.40. The molecule has 73 heavy (non-hydrogen) atoms. The Morgan fingerprint density at radius 3 is 2.18 bits per heavy atom. The number of fused-ring (bicyclic) bond motifs is 3. The van der Waals surface area contributed by atoms with Gasteiger partial charge in [-0.3, -0.25) is 19.3 Å². The summed E-state index contributed by atoms with van der Waals surface area (Å²) < 4.78 is 35.3. The number of amides is 1. The van der Waals surface area contributed by atoms with Crippen molar-refractivity contribution in [3.05, 3.63) is 156 Å². The first-order valence-corrected chi connectivity index (χ1v) is 25.0. The Morgan fingerprint density at radius 1 is 0.890 bits per heavy atom. The van der Waals surface area contributed by atoms with E-state index >= 15 is 0 Å². The van der Waals surface area contributed by atoms with E-state index in [0.717, 1.165) is 72.1 Å². The minimum atomic E-state index is -5.08. The van der Waals surface area contributed by atoms with E-state index in [0.29, 0.717) is 46.5 Å². The lowest BCUT2D eigenvalue weighted by molar-refractivity contribution is -0.192. The van der Waals surface area contributed by atoms with Crippen LogP contribution in [0.2, 0.25) is 5.02 Å². The second-order valence-electron chi connectivity index (χ2n) is 18.7. The van der Waals surface area contributed by atoms with E-state index in [1.165, 1.54) is 32.2 Å². The van der Waals surface area contributed by atoms with E-state index in [9.17, 15) is 33.0 Å². The minimum Gasteiger partial charge on any atom is -0.508 e. The number of nitrogens with zero attached hydrogens (tertiary/aromatic N) is 7. The van der Waals surface area contributed by atoms with E-state index in [4.69, 9.17) is 26.5 Å². The number of alkyl halides is 3. The molecule has 382 valence electrons. The summed E-state index contributed by atoms with van der Waals surface area (Å²) in [5.41, 5.74) is 8.88. The monoisotopic (exact) mass is 1040 g/mol. The molecule has 0 aliphatic carbocycles. The van der Waals surface area contributed by atoms with Gasteiger partial charge in [-0.2, -0.15) is 18.3 Å². The Morgan fingerprint density at radius 2 is 1.53 bits per heavy atom. The number of hydrogen-bond donors (Lipinski definition) is 5. The summed E-state index contributed by atoms with van der Waals surface area (Å²) in [7, 11) is 0. The van der Waals surface area contributed by atoms with Gasteiger partial charge in [-0.05, 0) is 130 Å². The molecule has 20 heteroatoms. The number of H-pyrrole nitrogens is 1. The van der Waals surface area contributed by atoms with Crippen molar-refractivity contribution in [1.29, 1.82) is 0 Å². The fourth-order valence-electron chi connectivity index (χ4n) is 9.21. The summed E-state index contributed by atoms with van der Waals surface area (Å²) in [6, 6.07) is 26.9. The molecule has 15 nitrogen and oxygen atoms in total. The zero-order valence-corrected chi connectivity index (χ0v) is 42.4. The number of aromatic nitrogens is 6. The number of carbonyl (C=O) groups is 2. The number of aromatic hydroxyl groups is 2. The van der Waals surface area contributed by atoms with Crippen LogP contribution in [0.15, 0.2) is 94.7 Å². The van der Waals surface area contributed by atoms with Crippen LogP contribution in [0.1, 0.15) is 101 Å². The van der Waals surface area contributed by atoms with Gasteiger partial charge in [0.25, 0.3) is 0 Å². The molecular weight excluding hydrogens is 983 g/mol. The average Bonchev–Trinajstić information content (AvgIpc) is 3.99. The first kappa shape index (κ1) is 52.2. The van der Waals surface area contributed by atoms with Crippen LogP contribution >= 0.6 is 22.9 Å². The van der Waals surface area contributed by atoms with Crippen molar-refractivity contribution in [3.8, 4) is 33.6 Å². The maximum absolute atomic E-state index is 13.5. The third-order valence-corrected chi connectivity index (χ3v) is 14.7. The fraction of sp³-hybridized carbons (Fsp3) is 0.340. The molecule has 0 radical (unpaired) electrons. The number of nitrogens with one attached hydrogen (secondary N) is 2. The van der Waals surface area contributed by atoms with Gasteiger partial charge in [0.2, 0.25) is 5.91 Å². The summed E-state index contributed by atoms with van der Waals surface area (Å²) in [6.07, 6.45) is -1.06. The Bertz CT molecular complexity index is 3210. The Labute approximate surface area is 428 Å². The first-order valence-electron chi connectivity index (χ1n) is 23.8. The number of aliphatic imine (C=N–C) groups is 1. The first-order chi connectivity index (χ1) is 34.7. The molecule has 0 saturated carbocycles. The SMILES string of the molecule is Cc1sc2c(c1C)C(c1ccc(Cl)cc1)=N[C@@H](CC(=O)NCCc1ccc(CN3CCC(Cc4ccc(-n5c(-c6cc(C(C)C)c(O)cc6O)n[nH]c5=O)cc4)CC3)cc1)c1nnc(C)n1-2.O=C(O)C(F)(F)F. The van der Waals surface area contributed by atoms with E-state index in [-0.39, 0.29) is 35.6 Å². The number of rotatable bonds is 13. The molecule has 0 spiro atoms. The highest BCUT2D eigenvalue weighted by atomic mass is 35.5. The predicted molar refractivity (Wildman–Crippen MR) is 273 cm³/mol. The standard InChI is InChI=1S/C51H54ClN9O4S.C2HF3O2/c1-29(2)40-25-41(44(63)27-43(40)62)48-56-58-51(65)61(48)39-16-10-34(11-17-39)24-35-19-22-59(23-20-35)28-36-8-6-33(7-9-36)18-21-53-45(64)26-42-49-57-55-32(5)60(49)50-46(30(3)31(4)66-50)47(54-42)37-12-14-38(52)15-13-37;3-2(4,5)1(6)7/h6-17,25,27,29,35,42,62-63H,18-24,26,28H2,1-5H3,(H,53,64)(H,58,65);(H,6,7)/t42-;/m0./s1. The van der Waals surface area contributed by atoms with Gasteiger partial charge in [-0.15, -0.1) is 21.5 Å². The number of hydrogen-bond acceptors (Lipinski definition) is 11. The lowest BCUT2D eigenvalue weighted by Crippen LogP contribution is -2.33. The summed E-state index contributed by atoms with van der Waals surface area (Å²) in [6.45, 7) is 13.5. The van der Waals surface area contributed by atoms with Crippen LogP contribution in [0.3, 0.4) is 0 Å². The summed E-state index contributed by atoms with van der Waals surface area (Å²) in [5.74, 6) is -0.706. The molecule has 9 rings (SSSR count). The van der Waals surface area contributed by atoms with Gasteiger partial charge in [0.15, 0.2) is 11.6 Å². The number of thiophene rings is 1. The lowest BCUT2D eigenvalue weighted by atomic mass is 9.90. The molecule has 4 aromatic carbocycles. The normalized spacial score (nSPS) is 15.0. The number of phenols is 2. The van der Waals surface area contributed by atoms with Crippen molar-refractivity contribution in [3.63, 3.8) is 0 Å². The molecule has 3 aromatic heterocycles. The van der Waals surface area contributed by atoms with Gasteiger partial charge in [-0.1, -0.05) is 74.0 Å². The third-order valence-electron chi connectivity index (χ3n) is 13.2. The third kappa shape index (κ3) is 11.9. The number of piperidine rings is 1. The van der Waals surface area contributed by atoms with E-state index in [1.807, 2.05) is 57.2 Å². The number of aryl methyl sites for hydroxylation is 2. The van der Waals surface area contributed by atoms with Crippen molar-refractivity contribution >= 4 is 40.5 Å². The highest BCUT2D eigenvalue weighted by molar-refractivity contribution is 7.15. The number of aliphatic carboxylic acids is 1. The van der Waals surface area contributed by atoms with Gasteiger partial charge < -0.3 is 20.6 Å². The topological polar surface area (TPSA) is 204 Å². The number of benzene rings is 4. The van der Waals surface area contributed by atoms with Crippen molar-refractivity contribution in [1.82, 2.24) is 39.7 Å². The minimum absolute atomic E-state index is 0.00577. The predicted octanol–water partition coefficient (Wildman–Crippen LogP) is 9.71. The second kappa shape index (κ2) is 21.9. The summed E-state index contributed by atoms with van der Waals surface area (Å²) in [5, 5.41) is 48.7. The number of halogens is 4. The van der Waals surface area contributed by atoms with Crippen LogP contribution in [0.4, 0.5) is 13.2 Å². The highest BCUT2D eigenvalue weighted by Gasteiger charge is 2.38. The molecule has 1 amide bonds. The number of phenolic OH excluding ortho intramolecular Hbond substituents is 2. The number of carboxylic acid groups (broad SMARTS) is 1. The Balaban J connectivity index is 0.000000948. The number of likely N-dealkylation sites (tertiary alicyclic amines) is 1. The maximum Gasteiger partial charge on any atom is 0.490 e. The molecule has 5 N–H and O–H groups in total. The van der Waals surface area contributed by atoms with Gasteiger partial charge in [0, 0.05) is 40.2 Å². The molecule has 1 fully saturated rings. The van der Waals surface area contributed by atoms with E-state index < -0.39 is 23.9 Å². The fourth-order valence-corrected chi connectivity index (χ4v) is 10.6. The van der Waals surface area contributed by atoms with Gasteiger partial charge in [0.05, 0.1) is 23.4 Å². The molecular formula is C53H55ClF3N9O6S. The van der Waals surface area contributed by atoms with Crippen LogP contribution in [-0.4, -0.2) is 93.1 Å². The molecule has 5 heterocycles. The lowest BCUT2D eigenvalue weighted by Gasteiger charge is -2.32. The van der Waals surface area contributed by atoms with Crippen LogP contribution in [0.25, 0.3) is 22.1 Å². The van der Waals surface area contributed by atoms with Crippen LogP contribution < -0.4 is 11.0 Å². The van der Waals surface area contributed by atoms with Gasteiger partial charge in [0.1, 0.15) is 28.4 Å². The largest absolute Gasteiger partial charge is 0.508 e. The smallest absolute Gasteiger partial charge is 0.490 e. The van der Waals surface area contributed by atoms with Crippen LogP contribution in [0.5, 0.6) is 11.5 Å². The molecule has 1 atom stereocenters. The van der Waals surface area contributed by atoms with Crippen molar-refractivity contribution in [2.24, 2.45) is 10.9 Å². The van der Waals surface area contributed by atoms with Crippen LogP contribution in [0, 0.1) is 26.7 Å². The number of aromatic amines is 1. The molecule has 2 aliphatic rings. The van der Waals surface area contributed by atoms with Gasteiger partial charge >= 0.3 is 17.8 Å². The zero-order valence-electron chi connectivity index (χ0n) is 40.8. The summed E-state index contributed by atoms with van der Waals surface area (Å²) >= 11 is 7.96. The molecule has 2 aliphatic heterocycles. The Kier molecular flexibility index (Phi) is 15.7. The molecule has 0 unspecified atom stereocenters. The quantitative estimate of drug-likeness (QED) is 0.0740. The molecule has 0 bridgehead atoms. The number of carbonyl (C=O) groups excluding carboxylic acids is 1.